The largest absolute Gasteiger partial charge is 0.344 e. The molecule has 266 valence electrons. The van der Waals surface area contributed by atoms with E-state index >= 15 is 0 Å². The fraction of sp³-hybridized carbons (Fsp3) is 1.00. The molecule has 0 atom stereocenters. The van der Waals surface area contributed by atoms with E-state index in [1.807, 2.05) is 0 Å². The molecular weight excluding hydrogens is 671 g/mol. The average Bonchev–Trinajstić information content (AvgIpc) is 2.41. The Hall–Kier alpha value is 0.270. The van der Waals surface area contributed by atoms with Crippen LogP contribution in [0.2, 0.25) is 0 Å². The van der Waals surface area contributed by atoms with E-state index in [9.17, 15) is 32.6 Å². The summed E-state index contributed by atoms with van der Waals surface area (Å²) in [6.07, 6.45) is -5.21. The van der Waals surface area contributed by atoms with Crippen LogP contribution in [-0.2, 0) is 22.8 Å². The zero-order valence-electron chi connectivity index (χ0n) is 22.8. The first-order valence-corrected chi connectivity index (χ1v) is 17.3. The molecule has 0 unspecified atom stereocenters. The Morgan fingerprint density at radius 1 is 0.293 bits per heavy atom. The molecule has 0 aromatic carbocycles. The van der Waals surface area contributed by atoms with Gasteiger partial charge in [-0.2, -0.15) is 0 Å². The van der Waals surface area contributed by atoms with Crippen LogP contribution in [0.4, 0.5) is 0 Å². The summed E-state index contributed by atoms with van der Waals surface area (Å²) in [6, 6.07) is 0. The predicted molar refractivity (Wildman–Crippen MR) is 155 cm³/mol. The minimum atomic E-state index is -4.76. The Bertz CT molecular complexity index is 742. The maximum absolute atomic E-state index is 11.4. The van der Waals surface area contributed by atoms with Gasteiger partial charge in [0.2, 0.25) is 0 Å². The molecule has 0 rings (SSSR count). The average molecular weight is 726 g/mol. The van der Waals surface area contributed by atoms with Gasteiger partial charge in [-0.25, -0.2) is 0 Å². The van der Waals surface area contributed by atoms with Crippen LogP contribution in [0.1, 0.15) is 0 Å². The van der Waals surface area contributed by atoms with E-state index in [0.29, 0.717) is 9.80 Å². The molecule has 0 spiro atoms. The zero-order chi connectivity index (χ0) is 25.6. The molecule has 0 bridgehead atoms. The predicted octanol–water partition coefficient (Wildman–Crippen LogP) is -0.974. The summed E-state index contributed by atoms with van der Waals surface area (Å²) in [4.78, 5) is 93.2. The number of rotatable bonds is 16. The Kier molecular flexibility index (Phi) is 44.5. The van der Waals surface area contributed by atoms with Crippen LogP contribution in [0, 0.1) is 0 Å². The molecule has 0 saturated heterocycles. The molecule has 0 saturated carbocycles. The molecule has 27 nitrogen and oxygen atoms in total. The van der Waals surface area contributed by atoms with Crippen molar-refractivity contribution in [2.24, 2.45) is 0 Å². The lowest BCUT2D eigenvalue weighted by atomic mass is 10.4. The summed E-state index contributed by atoms with van der Waals surface area (Å²) in [5, 5.41) is 0. The molecule has 32 heteroatoms. The quantitative estimate of drug-likeness (QED) is 0.0850. The minimum absolute atomic E-state index is 0. The van der Waals surface area contributed by atoms with Crippen LogP contribution < -0.4 is 55.4 Å². The fourth-order valence-electron chi connectivity index (χ4n) is 2.49. The third kappa shape index (κ3) is 47.4. The Labute approximate surface area is 237 Å². The Balaban J connectivity index is -0.000000133. The Morgan fingerprint density at radius 3 is 0.561 bits per heavy atom. The van der Waals surface area contributed by atoms with Crippen molar-refractivity contribution >= 4 is 38.0 Å². The van der Waals surface area contributed by atoms with Crippen LogP contribution in [0.25, 0.3) is 0 Å². The molecule has 0 aliphatic rings. The van der Waals surface area contributed by atoms with Gasteiger partial charge in [-0.3, -0.25) is 37.5 Å². The number of hydrogen-bond acceptors (Lipinski definition) is 17. The van der Waals surface area contributed by atoms with Gasteiger partial charge in [0.15, 0.2) is 0 Å². The maximum atomic E-state index is 11.4. The van der Waals surface area contributed by atoms with Gasteiger partial charge >= 0.3 is 38.0 Å². The van der Waals surface area contributed by atoms with E-state index in [0.717, 1.165) is 4.90 Å². The SMILES string of the molecule is N.N.N.N.N.N.N.N.N.O=P(O)(O)CN(CCN(CP(=O)(O)O)CP(=O)(O)O)CCN(CP(=O)(O)O)CP(=O)(O)O. The van der Waals surface area contributed by atoms with Crippen LogP contribution in [0.3, 0.4) is 0 Å². The minimum Gasteiger partial charge on any atom is -0.344 e. The molecule has 41 heavy (non-hydrogen) atoms. The van der Waals surface area contributed by atoms with Gasteiger partial charge in [0, 0.05) is 26.2 Å². The number of nitrogens with zero attached hydrogens (tertiary/aromatic N) is 3. The first-order chi connectivity index (χ1) is 13.9. The highest BCUT2D eigenvalue weighted by atomic mass is 31.2. The topological polar surface area (TPSA) is 612 Å². The van der Waals surface area contributed by atoms with Gasteiger partial charge in [-0.15, -0.1) is 0 Å². The summed E-state index contributed by atoms with van der Waals surface area (Å²) in [6.45, 7) is -1.78. The van der Waals surface area contributed by atoms with E-state index in [1.54, 1.807) is 0 Å². The lowest BCUT2D eigenvalue weighted by Gasteiger charge is -2.30. The van der Waals surface area contributed by atoms with Crippen molar-refractivity contribution in [1.82, 2.24) is 70.1 Å². The molecule has 0 aromatic rings. The second-order valence-electron chi connectivity index (χ2n) is 6.94. The van der Waals surface area contributed by atoms with Crippen molar-refractivity contribution in [2.45, 2.75) is 0 Å². The summed E-state index contributed by atoms with van der Waals surface area (Å²) >= 11 is 0. The fourth-order valence-corrected chi connectivity index (χ4v) is 6.66. The van der Waals surface area contributed by atoms with Crippen molar-refractivity contribution in [3.8, 4) is 0 Å². The standard InChI is InChI=1S/C9H28N3O15P5.9H3N/c13-28(14,15)5-10(1-3-11(6-29(16,17)18)7-30(19,20)21)2-4-12(8-31(22,23)24)9-32(25,26)27;;;;;;;;;/h1-9H2,(H2,13,14,15)(H2,16,17,18)(H2,19,20,21)(H2,22,23,24)(H2,25,26,27);9*1H3. The molecule has 0 amide bonds. The van der Waals surface area contributed by atoms with Crippen molar-refractivity contribution in [1.29, 1.82) is 0 Å². The number of hydrogen-bond donors (Lipinski definition) is 19. The smallest absolute Gasteiger partial charge is 0.339 e. The third-order valence-corrected chi connectivity index (χ3v) is 7.23. The summed E-state index contributed by atoms with van der Waals surface area (Å²) in [5.74, 6) is 0. The normalized spacial score (nSPS) is 11.4. The molecule has 0 aromatic heterocycles. The summed E-state index contributed by atoms with van der Waals surface area (Å²) in [7, 11) is -23.8. The highest BCUT2D eigenvalue weighted by Crippen LogP contribution is 2.42. The first kappa shape index (κ1) is 68.4. The summed E-state index contributed by atoms with van der Waals surface area (Å²) in [5.41, 5.74) is 0. The second kappa shape index (κ2) is 26.7. The molecular formula is C9H55N12O15P5. The van der Waals surface area contributed by atoms with Crippen molar-refractivity contribution in [2.75, 3.05) is 57.6 Å². The lowest BCUT2D eigenvalue weighted by Crippen LogP contribution is -2.41. The monoisotopic (exact) mass is 726 g/mol. The molecule has 37 N–H and O–H groups in total. The van der Waals surface area contributed by atoms with Gasteiger partial charge in [0.05, 0.1) is 0 Å². The van der Waals surface area contributed by atoms with Gasteiger partial charge in [-0.1, -0.05) is 0 Å². The molecule has 0 aliphatic heterocycles. The van der Waals surface area contributed by atoms with E-state index < -0.39 is 95.6 Å². The third-order valence-electron chi connectivity index (χ3n) is 3.39. The molecule has 0 radical (unpaired) electrons. The highest BCUT2D eigenvalue weighted by molar-refractivity contribution is 7.53. The van der Waals surface area contributed by atoms with E-state index in [4.69, 9.17) is 39.1 Å². The first-order valence-electron chi connectivity index (χ1n) is 8.34. The Morgan fingerprint density at radius 2 is 0.415 bits per heavy atom. The van der Waals surface area contributed by atoms with Crippen LogP contribution in [-0.4, -0.2) is 121 Å². The second-order valence-corrected chi connectivity index (χ2v) is 15.0. The lowest BCUT2D eigenvalue weighted by molar-refractivity contribution is 0.198. The van der Waals surface area contributed by atoms with E-state index in [-0.39, 0.29) is 55.4 Å². The van der Waals surface area contributed by atoms with Gasteiger partial charge in [0.25, 0.3) is 0 Å². The zero-order valence-corrected chi connectivity index (χ0v) is 27.3. The van der Waals surface area contributed by atoms with Crippen molar-refractivity contribution < 1.29 is 71.8 Å². The highest BCUT2D eigenvalue weighted by Gasteiger charge is 2.29. The van der Waals surface area contributed by atoms with Crippen LogP contribution >= 0.6 is 38.0 Å². The van der Waals surface area contributed by atoms with Gasteiger partial charge < -0.3 is 104 Å². The van der Waals surface area contributed by atoms with Crippen molar-refractivity contribution in [3.63, 3.8) is 0 Å². The van der Waals surface area contributed by atoms with E-state index in [2.05, 4.69) is 0 Å². The van der Waals surface area contributed by atoms with Crippen LogP contribution in [0.5, 0.6) is 0 Å². The summed E-state index contributed by atoms with van der Waals surface area (Å²) < 4.78 is 56.1. The van der Waals surface area contributed by atoms with E-state index in [1.165, 1.54) is 0 Å². The van der Waals surface area contributed by atoms with Crippen LogP contribution in [0.15, 0.2) is 0 Å². The van der Waals surface area contributed by atoms with Gasteiger partial charge in [0.1, 0.15) is 31.4 Å². The molecule has 0 heterocycles. The van der Waals surface area contributed by atoms with Crippen molar-refractivity contribution in [3.05, 3.63) is 0 Å². The van der Waals surface area contributed by atoms with Gasteiger partial charge in [-0.05, 0) is 0 Å². The molecule has 0 fully saturated rings. The molecule has 0 aliphatic carbocycles. The maximum Gasteiger partial charge on any atom is 0.339 e.